The van der Waals surface area contributed by atoms with Crippen molar-refractivity contribution in [2.45, 2.75) is 33.1 Å². The highest BCUT2D eigenvalue weighted by Crippen LogP contribution is 2.29. The van der Waals surface area contributed by atoms with E-state index in [-0.39, 0.29) is 5.56 Å². The molecule has 2 rings (SSSR count). The summed E-state index contributed by atoms with van der Waals surface area (Å²) in [6.45, 7) is 4.83. The number of hydrogen-bond acceptors (Lipinski definition) is 2. The molecule has 0 bridgehead atoms. The minimum atomic E-state index is -0.103. The van der Waals surface area contributed by atoms with Gasteiger partial charge in [0.15, 0.2) is 0 Å². The van der Waals surface area contributed by atoms with Crippen molar-refractivity contribution < 1.29 is 4.74 Å². The lowest BCUT2D eigenvalue weighted by Crippen LogP contribution is -2.08. The molecule has 3 nitrogen and oxygen atoms in total. The summed E-state index contributed by atoms with van der Waals surface area (Å²) >= 11 is 3.30. The molecule has 1 aliphatic carbocycles. The molecule has 1 saturated carbocycles. The van der Waals surface area contributed by atoms with Crippen LogP contribution in [-0.2, 0) is 4.74 Å². The summed E-state index contributed by atoms with van der Waals surface area (Å²) in [5.41, 5.74) is 1.81. The fourth-order valence-electron chi connectivity index (χ4n) is 1.83. The van der Waals surface area contributed by atoms with E-state index in [1.165, 1.54) is 12.8 Å². The first-order chi connectivity index (χ1) is 9.61. The third-order valence-corrected chi connectivity index (χ3v) is 4.29. The lowest BCUT2D eigenvalue weighted by atomic mass is 10.1. The van der Waals surface area contributed by atoms with Crippen LogP contribution in [0.5, 0.6) is 0 Å². The number of ether oxygens (including phenoxy) is 1. The van der Waals surface area contributed by atoms with Crippen molar-refractivity contribution in [1.82, 2.24) is 4.98 Å². The van der Waals surface area contributed by atoms with E-state index in [2.05, 4.69) is 33.9 Å². The van der Waals surface area contributed by atoms with Gasteiger partial charge in [-0.3, -0.25) is 4.79 Å². The Morgan fingerprint density at radius 1 is 1.55 bits per heavy atom. The van der Waals surface area contributed by atoms with Gasteiger partial charge in [0, 0.05) is 6.20 Å². The van der Waals surface area contributed by atoms with Gasteiger partial charge < -0.3 is 9.72 Å². The van der Waals surface area contributed by atoms with E-state index in [0.29, 0.717) is 4.47 Å². The van der Waals surface area contributed by atoms with Crippen LogP contribution in [0.1, 0.15) is 37.3 Å². The molecule has 0 aliphatic heterocycles. The normalized spacial score (nSPS) is 15.8. The molecule has 1 aromatic rings. The van der Waals surface area contributed by atoms with Crippen molar-refractivity contribution in [2.24, 2.45) is 5.92 Å². The molecular weight excluding hydrogens is 318 g/mol. The number of rotatable bonds is 6. The summed E-state index contributed by atoms with van der Waals surface area (Å²) in [4.78, 5) is 14.2. The van der Waals surface area contributed by atoms with Crippen LogP contribution in [0.15, 0.2) is 33.4 Å². The second-order valence-corrected chi connectivity index (χ2v) is 5.91. The molecule has 108 valence electrons. The Hall–Kier alpha value is -1.29. The quantitative estimate of drug-likeness (QED) is 0.625. The highest BCUT2D eigenvalue weighted by Gasteiger charge is 2.21. The van der Waals surface area contributed by atoms with Crippen molar-refractivity contribution >= 4 is 22.0 Å². The molecule has 0 spiro atoms. The molecule has 0 amide bonds. The largest absolute Gasteiger partial charge is 0.494 e. The zero-order valence-corrected chi connectivity index (χ0v) is 13.5. The summed E-state index contributed by atoms with van der Waals surface area (Å²) in [7, 11) is 0. The third-order valence-electron chi connectivity index (χ3n) is 3.34. The fourth-order valence-corrected chi connectivity index (χ4v) is 2.18. The van der Waals surface area contributed by atoms with E-state index in [4.69, 9.17) is 4.74 Å². The number of aromatic amines is 1. The van der Waals surface area contributed by atoms with E-state index in [0.717, 1.165) is 35.8 Å². The number of halogens is 1. The predicted molar refractivity (Wildman–Crippen MR) is 85.6 cm³/mol. The van der Waals surface area contributed by atoms with Gasteiger partial charge in [-0.25, -0.2) is 0 Å². The van der Waals surface area contributed by atoms with Crippen LogP contribution in [0.25, 0.3) is 6.08 Å². The maximum atomic E-state index is 11.5. The topological polar surface area (TPSA) is 42.1 Å². The van der Waals surface area contributed by atoms with Crippen LogP contribution in [0, 0.1) is 12.8 Å². The molecule has 0 unspecified atom stereocenters. The summed E-state index contributed by atoms with van der Waals surface area (Å²) < 4.78 is 6.40. The highest BCUT2D eigenvalue weighted by molar-refractivity contribution is 9.10. The Bertz CT molecular complexity index is 583. The van der Waals surface area contributed by atoms with Gasteiger partial charge in [-0.2, -0.15) is 0 Å². The zero-order valence-electron chi connectivity index (χ0n) is 11.9. The summed E-state index contributed by atoms with van der Waals surface area (Å²) in [5, 5.41) is 0. The molecule has 1 aromatic heterocycles. The first-order valence-electron chi connectivity index (χ1n) is 7.00. The fraction of sp³-hybridized carbons (Fsp3) is 0.438. The first kappa shape index (κ1) is 15.1. The van der Waals surface area contributed by atoms with Crippen LogP contribution in [0.4, 0.5) is 0 Å². The Balaban J connectivity index is 2.10. The van der Waals surface area contributed by atoms with Crippen LogP contribution >= 0.6 is 15.9 Å². The minimum absolute atomic E-state index is 0.103. The van der Waals surface area contributed by atoms with Gasteiger partial charge in [0.25, 0.3) is 5.56 Å². The van der Waals surface area contributed by atoms with Gasteiger partial charge in [0.1, 0.15) is 5.76 Å². The lowest BCUT2D eigenvalue weighted by Gasteiger charge is -2.07. The van der Waals surface area contributed by atoms with Crippen molar-refractivity contribution in [3.05, 3.63) is 50.1 Å². The highest BCUT2D eigenvalue weighted by atomic mass is 79.9. The molecule has 4 heteroatoms. The van der Waals surface area contributed by atoms with Gasteiger partial charge in [-0.1, -0.05) is 6.92 Å². The molecule has 1 aliphatic rings. The molecule has 0 atom stereocenters. The summed E-state index contributed by atoms with van der Waals surface area (Å²) in [6.07, 6.45) is 11.3. The number of H-pyrrole nitrogens is 1. The molecular formula is C16H20BrNO2. The molecule has 1 fully saturated rings. The van der Waals surface area contributed by atoms with E-state index in [1.807, 2.05) is 19.1 Å². The van der Waals surface area contributed by atoms with E-state index >= 15 is 0 Å². The number of pyridine rings is 1. The summed E-state index contributed by atoms with van der Waals surface area (Å²) in [5.74, 6) is 1.65. The average Bonchev–Trinajstić information content (AvgIpc) is 3.25. The number of nitrogens with one attached hydrogen (secondary N) is 1. The number of allylic oxidation sites excluding steroid dienone is 2. The number of hydrogen-bond donors (Lipinski definition) is 1. The molecule has 1 heterocycles. The van der Waals surface area contributed by atoms with Gasteiger partial charge in [-0.15, -0.1) is 0 Å². The average molecular weight is 338 g/mol. The maximum Gasteiger partial charge on any atom is 0.262 e. The number of aromatic nitrogens is 1. The monoisotopic (exact) mass is 337 g/mol. The van der Waals surface area contributed by atoms with Gasteiger partial charge in [0.2, 0.25) is 0 Å². The Labute approximate surface area is 127 Å². The lowest BCUT2D eigenvalue weighted by molar-refractivity contribution is 0.210. The molecule has 0 saturated heterocycles. The minimum Gasteiger partial charge on any atom is -0.494 e. The molecule has 0 radical (unpaired) electrons. The van der Waals surface area contributed by atoms with Crippen molar-refractivity contribution in [1.29, 1.82) is 0 Å². The van der Waals surface area contributed by atoms with Crippen molar-refractivity contribution in [3.8, 4) is 0 Å². The SMILES string of the molecule is CC/C=C(/C=C\c1c[nH]c(=O)c(Br)c1C)OCC1CC1. The van der Waals surface area contributed by atoms with Crippen LogP contribution in [0.3, 0.4) is 0 Å². The van der Waals surface area contributed by atoms with E-state index in [9.17, 15) is 4.79 Å². The van der Waals surface area contributed by atoms with Gasteiger partial charge in [-0.05, 0) is 77.4 Å². The Morgan fingerprint density at radius 2 is 2.30 bits per heavy atom. The van der Waals surface area contributed by atoms with Crippen LogP contribution < -0.4 is 5.56 Å². The third kappa shape index (κ3) is 4.10. The standard InChI is InChI=1S/C16H20BrNO2/c1-3-4-14(20-10-12-5-6-12)8-7-13-9-18-16(19)15(17)11(13)2/h4,7-9,12H,3,5-6,10H2,1-2H3,(H,18,19)/b8-7-,14-4-. The van der Waals surface area contributed by atoms with Gasteiger partial charge in [0.05, 0.1) is 11.1 Å². The Morgan fingerprint density at radius 3 is 2.95 bits per heavy atom. The summed E-state index contributed by atoms with van der Waals surface area (Å²) in [6, 6.07) is 0. The van der Waals surface area contributed by atoms with Crippen molar-refractivity contribution in [3.63, 3.8) is 0 Å². The molecule has 0 aromatic carbocycles. The van der Waals surface area contributed by atoms with E-state index < -0.39 is 0 Å². The smallest absolute Gasteiger partial charge is 0.262 e. The zero-order chi connectivity index (χ0) is 14.5. The second kappa shape index (κ2) is 6.93. The van der Waals surface area contributed by atoms with Gasteiger partial charge >= 0.3 is 0 Å². The van der Waals surface area contributed by atoms with Crippen LogP contribution in [-0.4, -0.2) is 11.6 Å². The maximum absolute atomic E-state index is 11.5. The molecule has 20 heavy (non-hydrogen) atoms. The molecule has 1 N–H and O–H groups in total. The van der Waals surface area contributed by atoms with E-state index in [1.54, 1.807) is 6.20 Å². The van der Waals surface area contributed by atoms with Crippen LogP contribution in [0.2, 0.25) is 0 Å². The Kier molecular flexibility index (Phi) is 5.24. The predicted octanol–water partition coefficient (Wildman–Crippen LogP) is 4.18. The second-order valence-electron chi connectivity index (χ2n) is 5.11. The first-order valence-corrected chi connectivity index (χ1v) is 7.80. The van der Waals surface area contributed by atoms with Crippen molar-refractivity contribution in [2.75, 3.05) is 6.61 Å².